The Balaban J connectivity index is 2.71. The van der Waals surface area contributed by atoms with Gasteiger partial charge in [0, 0.05) is 15.7 Å². The van der Waals surface area contributed by atoms with E-state index in [2.05, 4.69) is 28.1 Å². The fraction of sp³-hybridized carbons (Fsp3) is 0.200. The third kappa shape index (κ3) is 1.49. The number of anilines is 1. The van der Waals surface area contributed by atoms with Gasteiger partial charge in [0.1, 0.15) is 0 Å². The summed E-state index contributed by atoms with van der Waals surface area (Å²) >= 11 is 9.48. The highest BCUT2D eigenvalue weighted by Gasteiger charge is 2.13. The monoisotopic (exact) mass is 257 g/mol. The number of rotatable bonds is 0. The van der Waals surface area contributed by atoms with Gasteiger partial charge in [0.05, 0.1) is 5.02 Å². The minimum atomic E-state index is 0.701. The fourth-order valence-corrected chi connectivity index (χ4v) is 2.34. The highest BCUT2D eigenvalue weighted by molar-refractivity contribution is 9.10. The van der Waals surface area contributed by atoms with E-state index in [1.165, 1.54) is 5.56 Å². The Hall–Kier alpha value is -0.470. The summed E-state index contributed by atoms with van der Waals surface area (Å²) < 4.78 is 0.989. The third-order valence-corrected chi connectivity index (χ3v) is 3.67. The largest absolute Gasteiger partial charge is 0.398 e. The SMILES string of the molecule is Nc1cc(Cl)c(Br)c2c1C=CCC2. The summed E-state index contributed by atoms with van der Waals surface area (Å²) in [5.74, 6) is 0. The molecule has 2 rings (SSSR count). The van der Waals surface area contributed by atoms with E-state index in [9.17, 15) is 0 Å². The van der Waals surface area contributed by atoms with Crippen LogP contribution in [0.5, 0.6) is 0 Å². The Morgan fingerprint density at radius 2 is 2.23 bits per heavy atom. The molecule has 0 fully saturated rings. The van der Waals surface area contributed by atoms with Gasteiger partial charge in [-0.15, -0.1) is 0 Å². The summed E-state index contributed by atoms with van der Waals surface area (Å²) in [6.07, 6.45) is 6.27. The van der Waals surface area contributed by atoms with Crippen molar-refractivity contribution in [3.05, 3.63) is 32.8 Å². The summed E-state index contributed by atoms with van der Waals surface area (Å²) in [6, 6.07) is 1.79. The lowest BCUT2D eigenvalue weighted by Crippen LogP contribution is -2.00. The maximum Gasteiger partial charge on any atom is 0.0571 e. The van der Waals surface area contributed by atoms with Gasteiger partial charge in [0.15, 0.2) is 0 Å². The van der Waals surface area contributed by atoms with Crippen molar-refractivity contribution < 1.29 is 0 Å². The van der Waals surface area contributed by atoms with Gasteiger partial charge in [-0.3, -0.25) is 0 Å². The number of hydrogen-bond acceptors (Lipinski definition) is 1. The molecule has 1 nitrogen and oxygen atoms in total. The second-order valence-electron chi connectivity index (χ2n) is 3.09. The Morgan fingerprint density at radius 3 is 3.00 bits per heavy atom. The van der Waals surface area contributed by atoms with Gasteiger partial charge in [-0.25, -0.2) is 0 Å². The molecule has 2 N–H and O–H groups in total. The normalized spacial score (nSPS) is 14.3. The van der Waals surface area contributed by atoms with Crippen molar-refractivity contribution >= 4 is 39.3 Å². The highest BCUT2D eigenvalue weighted by Crippen LogP contribution is 2.36. The lowest BCUT2D eigenvalue weighted by molar-refractivity contribution is 0.979. The van der Waals surface area contributed by atoms with Gasteiger partial charge in [0.2, 0.25) is 0 Å². The molecular formula is C10H9BrClN. The average molecular weight is 259 g/mol. The molecule has 1 aromatic rings. The number of nitrogen functional groups attached to an aromatic ring is 1. The molecule has 0 saturated heterocycles. The number of allylic oxidation sites excluding steroid dienone is 1. The zero-order chi connectivity index (χ0) is 9.42. The van der Waals surface area contributed by atoms with E-state index < -0.39 is 0 Å². The van der Waals surface area contributed by atoms with E-state index in [1.807, 2.05) is 0 Å². The second kappa shape index (κ2) is 3.35. The molecule has 0 radical (unpaired) electrons. The molecule has 0 bridgehead atoms. The van der Waals surface area contributed by atoms with Gasteiger partial charge in [0.25, 0.3) is 0 Å². The van der Waals surface area contributed by atoms with Crippen LogP contribution in [0, 0.1) is 0 Å². The zero-order valence-electron chi connectivity index (χ0n) is 6.98. The van der Waals surface area contributed by atoms with Crippen LogP contribution >= 0.6 is 27.5 Å². The summed E-state index contributed by atoms with van der Waals surface area (Å²) in [7, 11) is 0. The number of hydrogen-bond donors (Lipinski definition) is 1. The minimum absolute atomic E-state index is 0.701. The number of fused-ring (bicyclic) bond motifs is 1. The van der Waals surface area contributed by atoms with E-state index in [-0.39, 0.29) is 0 Å². The van der Waals surface area contributed by atoms with Crippen LogP contribution in [0.25, 0.3) is 6.08 Å². The lowest BCUT2D eigenvalue weighted by atomic mass is 9.96. The lowest BCUT2D eigenvalue weighted by Gasteiger charge is -2.15. The topological polar surface area (TPSA) is 26.0 Å². The van der Waals surface area contributed by atoms with Crippen LogP contribution in [0.3, 0.4) is 0 Å². The van der Waals surface area contributed by atoms with Crippen LogP contribution in [0.4, 0.5) is 5.69 Å². The molecule has 0 aliphatic heterocycles. The van der Waals surface area contributed by atoms with Crippen molar-refractivity contribution in [1.82, 2.24) is 0 Å². The molecule has 0 heterocycles. The van der Waals surface area contributed by atoms with E-state index in [1.54, 1.807) is 6.07 Å². The molecule has 1 aromatic carbocycles. The van der Waals surface area contributed by atoms with Crippen molar-refractivity contribution in [2.75, 3.05) is 5.73 Å². The molecule has 13 heavy (non-hydrogen) atoms. The first-order valence-electron chi connectivity index (χ1n) is 4.13. The van der Waals surface area contributed by atoms with Gasteiger partial charge in [-0.1, -0.05) is 23.8 Å². The van der Waals surface area contributed by atoms with Gasteiger partial charge in [-0.05, 0) is 40.4 Å². The van der Waals surface area contributed by atoms with Crippen LogP contribution in [0.2, 0.25) is 5.02 Å². The first-order valence-corrected chi connectivity index (χ1v) is 5.30. The molecule has 0 aromatic heterocycles. The Kier molecular flexibility index (Phi) is 2.35. The van der Waals surface area contributed by atoms with Gasteiger partial charge >= 0.3 is 0 Å². The summed E-state index contributed by atoms with van der Waals surface area (Å²) in [6.45, 7) is 0. The molecule has 0 unspecified atom stereocenters. The summed E-state index contributed by atoms with van der Waals surface area (Å²) in [5, 5.41) is 0.701. The van der Waals surface area contributed by atoms with Crippen molar-refractivity contribution in [3.8, 4) is 0 Å². The van der Waals surface area contributed by atoms with Crippen molar-refractivity contribution in [1.29, 1.82) is 0 Å². The Labute approximate surface area is 90.7 Å². The van der Waals surface area contributed by atoms with Crippen LogP contribution < -0.4 is 5.73 Å². The Bertz CT molecular complexity index is 385. The van der Waals surface area contributed by atoms with E-state index >= 15 is 0 Å². The molecular weight excluding hydrogens is 249 g/mol. The maximum atomic E-state index is 6.00. The number of halogens is 2. The molecule has 0 atom stereocenters. The second-order valence-corrected chi connectivity index (χ2v) is 4.30. The first-order chi connectivity index (χ1) is 6.20. The molecule has 1 aliphatic rings. The minimum Gasteiger partial charge on any atom is -0.398 e. The molecule has 1 aliphatic carbocycles. The average Bonchev–Trinajstić information content (AvgIpc) is 2.15. The predicted molar refractivity (Wildman–Crippen MR) is 60.9 cm³/mol. The molecule has 0 amide bonds. The first kappa shape index (κ1) is 9.10. The summed E-state index contributed by atoms with van der Waals surface area (Å²) in [4.78, 5) is 0. The van der Waals surface area contributed by atoms with Crippen LogP contribution in [0.15, 0.2) is 16.6 Å². The third-order valence-electron chi connectivity index (χ3n) is 2.24. The smallest absolute Gasteiger partial charge is 0.0571 e. The van der Waals surface area contributed by atoms with Crippen LogP contribution in [0.1, 0.15) is 17.5 Å². The Morgan fingerprint density at radius 1 is 1.46 bits per heavy atom. The van der Waals surface area contributed by atoms with E-state index in [0.29, 0.717) is 5.02 Å². The molecule has 0 saturated carbocycles. The van der Waals surface area contributed by atoms with Crippen LogP contribution in [-0.2, 0) is 6.42 Å². The van der Waals surface area contributed by atoms with Crippen molar-refractivity contribution in [2.24, 2.45) is 0 Å². The standard InChI is InChI=1S/C10H9BrClN/c11-10-7-4-2-1-3-6(7)9(13)5-8(10)12/h1,3,5H,2,4,13H2. The van der Waals surface area contributed by atoms with Crippen molar-refractivity contribution in [2.45, 2.75) is 12.8 Å². The van der Waals surface area contributed by atoms with Crippen LogP contribution in [-0.4, -0.2) is 0 Å². The fourth-order valence-electron chi connectivity index (χ4n) is 1.58. The number of benzene rings is 1. The van der Waals surface area contributed by atoms with Gasteiger partial charge < -0.3 is 5.73 Å². The molecule has 0 spiro atoms. The maximum absolute atomic E-state index is 6.00. The van der Waals surface area contributed by atoms with E-state index in [0.717, 1.165) is 28.6 Å². The van der Waals surface area contributed by atoms with Crippen molar-refractivity contribution in [3.63, 3.8) is 0 Å². The molecule has 3 heteroatoms. The number of nitrogens with two attached hydrogens (primary N) is 1. The summed E-state index contributed by atoms with van der Waals surface area (Å²) in [5.41, 5.74) is 8.96. The highest BCUT2D eigenvalue weighted by atomic mass is 79.9. The van der Waals surface area contributed by atoms with E-state index in [4.69, 9.17) is 17.3 Å². The quantitative estimate of drug-likeness (QED) is 0.706. The predicted octanol–water partition coefficient (Wildman–Crippen LogP) is 3.64. The molecule has 68 valence electrons. The van der Waals surface area contributed by atoms with Gasteiger partial charge in [-0.2, -0.15) is 0 Å². The zero-order valence-corrected chi connectivity index (χ0v) is 9.32.